The van der Waals surface area contributed by atoms with Crippen LogP contribution in [0.2, 0.25) is 0 Å². The number of anilines is 1. The SMILES string of the molecule is Fc1ccccc1C1Cc2ccc(C(F)(F)F)cc2N1. The Morgan fingerprint density at radius 2 is 1.80 bits per heavy atom. The van der Waals surface area contributed by atoms with Crippen LogP contribution in [0.3, 0.4) is 0 Å². The van der Waals surface area contributed by atoms with Crippen molar-refractivity contribution in [2.24, 2.45) is 0 Å². The number of alkyl halides is 3. The minimum absolute atomic E-state index is 0.324. The minimum atomic E-state index is -4.37. The van der Waals surface area contributed by atoms with Crippen LogP contribution < -0.4 is 5.32 Å². The molecule has 1 aliphatic heterocycles. The molecule has 0 aliphatic carbocycles. The molecule has 104 valence electrons. The number of benzene rings is 2. The predicted octanol–water partition coefficient (Wildman–Crippen LogP) is 4.55. The number of nitrogens with one attached hydrogen (secondary N) is 1. The first-order valence-electron chi connectivity index (χ1n) is 6.16. The van der Waals surface area contributed by atoms with Gasteiger partial charge in [0, 0.05) is 11.3 Å². The molecule has 1 N–H and O–H groups in total. The lowest BCUT2D eigenvalue weighted by Crippen LogP contribution is -2.08. The fourth-order valence-electron chi connectivity index (χ4n) is 2.47. The number of hydrogen-bond acceptors (Lipinski definition) is 1. The van der Waals surface area contributed by atoms with Crippen LogP contribution in [-0.2, 0) is 12.6 Å². The summed E-state index contributed by atoms with van der Waals surface area (Å²) in [5.74, 6) is -0.353. The topological polar surface area (TPSA) is 12.0 Å². The van der Waals surface area contributed by atoms with E-state index in [1.54, 1.807) is 18.2 Å². The normalized spacial score (nSPS) is 17.7. The van der Waals surface area contributed by atoms with E-state index in [-0.39, 0.29) is 11.9 Å². The van der Waals surface area contributed by atoms with Crippen LogP contribution in [-0.4, -0.2) is 0 Å². The van der Waals surface area contributed by atoms with Gasteiger partial charge in [0.1, 0.15) is 5.82 Å². The Morgan fingerprint density at radius 1 is 1.05 bits per heavy atom. The quantitative estimate of drug-likeness (QED) is 0.756. The summed E-state index contributed by atoms with van der Waals surface area (Å²) in [6, 6.07) is 9.55. The summed E-state index contributed by atoms with van der Waals surface area (Å²) in [7, 11) is 0. The van der Waals surface area contributed by atoms with E-state index in [0.717, 1.165) is 17.7 Å². The maximum absolute atomic E-state index is 13.7. The zero-order valence-corrected chi connectivity index (χ0v) is 10.3. The smallest absolute Gasteiger partial charge is 0.378 e. The molecule has 1 atom stereocenters. The average Bonchev–Trinajstić information content (AvgIpc) is 2.80. The van der Waals surface area contributed by atoms with Crippen LogP contribution in [0.25, 0.3) is 0 Å². The molecule has 1 heterocycles. The molecular weight excluding hydrogens is 270 g/mol. The Labute approximate surface area is 113 Å². The third-order valence-electron chi connectivity index (χ3n) is 3.47. The van der Waals surface area contributed by atoms with Crippen LogP contribution in [0.5, 0.6) is 0 Å². The molecule has 3 rings (SSSR count). The molecule has 0 fully saturated rings. The summed E-state index contributed by atoms with van der Waals surface area (Å²) in [6.45, 7) is 0. The van der Waals surface area contributed by atoms with Gasteiger partial charge in [0.15, 0.2) is 0 Å². The highest BCUT2D eigenvalue weighted by Crippen LogP contribution is 2.39. The molecule has 0 spiro atoms. The lowest BCUT2D eigenvalue weighted by Gasteiger charge is -2.12. The molecule has 1 unspecified atom stereocenters. The Bertz CT molecular complexity index is 649. The second-order valence-electron chi connectivity index (χ2n) is 4.79. The monoisotopic (exact) mass is 281 g/mol. The van der Waals surface area contributed by atoms with Gasteiger partial charge in [-0.1, -0.05) is 24.3 Å². The van der Waals surface area contributed by atoms with Gasteiger partial charge < -0.3 is 5.32 Å². The summed E-state index contributed by atoms with van der Waals surface area (Å²) >= 11 is 0. The van der Waals surface area contributed by atoms with E-state index in [2.05, 4.69) is 5.32 Å². The molecule has 0 aromatic heterocycles. The van der Waals surface area contributed by atoms with Gasteiger partial charge in [0.25, 0.3) is 0 Å². The summed E-state index contributed by atoms with van der Waals surface area (Å²) in [4.78, 5) is 0. The summed E-state index contributed by atoms with van der Waals surface area (Å²) in [5, 5.41) is 2.96. The third kappa shape index (κ3) is 2.24. The highest BCUT2D eigenvalue weighted by molar-refractivity contribution is 5.60. The van der Waals surface area contributed by atoms with Crippen molar-refractivity contribution >= 4 is 5.69 Å². The number of fused-ring (bicyclic) bond motifs is 1. The summed E-state index contributed by atoms with van der Waals surface area (Å²) < 4.78 is 51.7. The highest BCUT2D eigenvalue weighted by atomic mass is 19.4. The van der Waals surface area contributed by atoms with Gasteiger partial charge in [0.2, 0.25) is 0 Å². The third-order valence-corrected chi connectivity index (χ3v) is 3.47. The molecule has 0 amide bonds. The fraction of sp³-hybridized carbons (Fsp3) is 0.200. The van der Waals surface area contributed by atoms with Gasteiger partial charge in [-0.25, -0.2) is 4.39 Å². The molecular formula is C15H11F4N. The van der Waals surface area contributed by atoms with Gasteiger partial charge in [0.05, 0.1) is 11.6 Å². The predicted molar refractivity (Wildman–Crippen MR) is 67.9 cm³/mol. The molecule has 2 aromatic carbocycles. The van der Waals surface area contributed by atoms with Gasteiger partial charge in [-0.2, -0.15) is 13.2 Å². The molecule has 2 aromatic rings. The molecule has 0 bridgehead atoms. The molecule has 5 heteroatoms. The fourth-order valence-corrected chi connectivity index (χ4v) is 2.47. The first-order valence-corrected chi connectivity index (χ1v) is 6.16. The maximum Gasteiger partial charge on any atom is 0.416 e. The van der Waals surface area contributed by atoms with Gasteiger partial charge in [-0.3, -0.25) is 0 Å². The van der Waals surface area contributed by atoms with E-state index >= 15 is 0 Å². The van der Waals surface area contributed by atoms with Crippen LogP contribution in [0.4, 0.5) is 23.2 Å². The number of hydrogen-bond donors (Lipinski definition) is 1. The second kappa shape index (κ2) is 4.51. The first-order chi connectivity index (χ1) is 9.45. The van der Waals surface area contributed by atoms with Gasteiger partial charge >= 0.3 is 6.18 Å². The van der Waals surface area contributed by atoms with Crippen molar-refractivity contribution in [1.82, 2.24) is 0 Å². The van der Waals surface area contributed by atoms with Crippen molar-refractivity contribution in [1.29, 1.82) is 0 Å². The van der Waals surface area contributed by atoms with Crippen molar-refractivity contribution in [2.75, 3.05) is 5.32 Å². The summed E-state index contributed by atoms with van der Waals surface area (Å²) in [5.41, 5.74) is 0.967. The van der Waals surface area contributed by atoms with E-state index in [1.807, 2.05) is 0 Å². The zero-order chi connectivity index (χ0) is 14.3. The van der Waals surface area contributed by atoms with Crippen molar-refractivity contribution < 1.29 is 17.6 Å². The average molecular weight is 281 g/mol. The van der Waals surface area contributed by atoms with E-state index in [4.69, 9.17) is 0 Å². The molecule has 0 radical (unpaired) electrons. The van der Waals surface area contributed by atoms with E-state index in [0.29, 0.717) is 17.7 Å². The standard InChI is InChI=1S/C15H11F4N/c16-12-4-2-1-3-11(12)14-7-9-5-6-10(15(17,18)19)8-13(9)20-14/h1-6,8,14,20H,7H2. The van der Waals surface area contributed by atoms with E-state index < -0.39 is 11.7 Å². The lowest BCUT2D eigenvalue weighted by molar-refractivity contribution is -0.137. The van der Waals surface area contributed by atoms with Crippen LogP contribution >= 0.6 is 0 Å². The largest absolute Gasteiger partial charge is 0.416 e. The van der Waals surface area contributed by atoms with Crippen LogP contribution in [0.15, 0.2) is 42.5 Å². The molecule has 1 nitrogen and oxygen atoms in total. The Balaban J connectivity index is 1.91. The van der Waals surface area contributed by atoms with Gasteiger partial charge in [-0.05, 0) is 30.2 Å². The van der Waals surface area contributed by atoms with Crippen LogP contribution in [0.1, 0.15) is 22.7 Å². The molecule has 0 saturated carbocycles. The Hall–Kier alpha value is -2.04. The van der Waals surface area contributed by atoms with E-state index in [9.17, 15) is 17.6 Å². The van der Waals surface area contributed by atoms with Crippen LogP contribution in [0, 0.1) is 5.82 Å². The van der Waals surface area contributed by atoms with Crippen molar-refractivity contribution in [3.8, 4) is 0 Å². The maximum atomic E-state index is 13.7. The second-order valence-corrected chi connectivity index (χ2v) is 4.79. The Morgan fingerprint density at radius 3 is 2.50 bits per heavy atom. The summed E-state index contributed by atoms with van der Waals surface area (Å²) in [6.07, 6.45) is -3.89. The molecule has 1 aliphatic rings. The van der Waals surface area contributed by atoms with Crippen molar-refractivity contribution in [2.45, 2.75) is 18.6 Å². The lowest BCUT2D eigenvalue weighted by atomic mass is 10.0. The number of halogens is 4. The minimum Gasteiger partial charge on any atom is -0.378 e. The number of rotatable bonds is 1. The highest BCUT2D eigenvalue weighted by Gasteiger charge is 2.33. The van der Waals surface area contributed by atoms with Crippen molar-refractivity contribution in [3.05, 3.63) is 65.0 Å². The van der Waals surface area contributed by atoms with Gasteiger partial charge in [-0.15, -0.1) is 0 Å². The molecule has 20 heavy (non-hydrogen) atoms. The Kier molecular flexibility index (Phi) is 2.92. The molecule has 0 saturated heterocycles. The van der Waals surface area contributed by atoms with E-state index in [1.165, 1.54) is 12.1 Å². The zero-order valence-electron chi connectivity index (χ0n) is 10.3. The van der Waals surface area contributed by atoms with Crippen molar-refractivity contribution in [3.63, 3.8) is 0 Å². The first kappa shape index (κ1) is 13.0.